The number of hydrogen-bond donors (Lipinski definition) is 0. The fourth-order valence-corrected chi connectivity index (χ4v) is 4.20. The normalized spacial score (nSPS) is 20.1. The topological polar surface area (TPSA) is 67.3 Å². The van der Waals surface area contributed by atoms with E-state index in [-0.39, 0.29) is 24.0 Å². The van der Waals surface area contributed by atoms with Crippen molar-refractivity contribution in [1.82, 2.24) is 4.98 Å². The van der Waals surface area contributed by atoms with Gasteiger partial charge >= 0.3 is 0 Å². The second-order valence-electron chi connectivity index (χ2n) is 4.55. The van der Waals surface area contributed by atoms with E-state index in [2.05, 4.69) is 20.9 Å². The number of anilines is 1. The lowest BCUT2D eigenvalue weighted by Crippen LogP contribution is -2.26. The molecule has 0 saturated carbocycles. The van der Waals surface area contributed by atoms with Crippen LogP contribution in [-0.2, 0) is 13.8 Å². The van der Waals surface area contributed by atoms with Gasteiger partial charge in [-0.3, -0.25) is 4.79 Å². The average Bonchev–Trinajstić information content (AvgIpc) is 2.56. The van der Waals surface area contributed by atoms with Crippen LogP contribution in [0, 0.1) is 12.8 Å². The lowest BCUT2D eigenvalue weighted by Gasteiger charge is -2.19. The van der Waals surface area contributed by atoms with Crippen molar-refractivity contribution in [3.05, 3.63) is 22.4 Å². The van der Waals surface area contributed by atoms with Gasteiger partial charge in [-0.05, 0) is 34.5 Å². The molecule has 8 heteroatoms. The molecule has 1 aliphatic heterocycles. The summed E-state index contributed by atoms with van der Waals surface area (Å²) in [7, 11) is 1.65. The maximum Gasteiger partial charge on any atom is 0.232 e. The number of pyridine rings is 1. The zero-order valence-corrected chi connectivity index (χ0v) is 13.3. The third-order valence-electron chi connectivity index (χ3n) is 2.99. The number of rotatable bonds is 3. The largest absolute Gasteiger partial charge is 0.309 e. The summed E-state index contributed by atoms with van der Waals surface area (Å²) in [4.78, 5) is 17.7. The van der Waals surface area contributed by atoms with Crippen LogP contribution in [0.25, 0.3) is 0 Å². The number of halogens is 2. The van der Waals surface area contributed by atoms with E-state index >= 15 is 0 Å². The van der Waals surface area contributed by atoms with E-state index in [0.29, 0.717) is 16.8 Å². The Morgan fingerprint density at radius 3 is 2.84 bits per heavy atom. The molecule has 104 valence electrons. The van der Waals surface area contributed by atoms with Gasteiger partial charge in [0, 0.05) is 35.8 Å². The summed E-state index contributed by atoms with van der Waals surface area (Å²) in [5, 5.41) is 0. The van der Waals surface area contributed by atoms with Crippen LogP contribution >= 0.6 is 26.6 Å². The van der Waals surface area contributed by atoms with E-state index in [1.165, 1.54) is 0 Å². The van der Waals surface area contributed by atoms with Gasteiger partial charge in [0.25, 0.3) is 0 Å². The molecule has 0 radical (unpaired) electrons. The predicted octanol–water partition coefficient (Wildman–Crippen LogP) is 2.07. The van der Waals surface area contributed by atoms with Gasteiger partial charge in [-0.25, -0.2) is 13.4 Å². The first-order valence-corrected chi connectivity index (χ1v) is 8.89. The number of hydrogen-bond acceptors (Lipinski definition) is 4. The molecule has 1 unspecified atom stereocenters. The molecule has 1 saturated heterocycles. The monoisotopic (exact) mass is 366 g/mol. The SMILES string of the molecule is Cc1ccnc(Br)c1N1CC(CS(=O)(=O)Cl)CC1=O. The second kappa shape index (κ2) is 5.38. The fourth-order valence-electron chi connectivity index (χ4n) is 2.23. The van der Waals surface area contributed by atoms with E-state index in [0.717, 1.165) is 5.56 Å². The van der Waals surface area contributed by atoms with Crippen LogP contribution in [0.3, 0.4) is 0 Å². The highest BCUT2D eigenvalue weighted by atomic mass is 79.9. The quantitative estimate of drug-likeness (QED) is 0.606. The molecular weight excluding hydrogens is 356 g/mol. The molecule has 5 nitrogen and oxygen atoms in total. The molecule has 1 aliphatic rings. The van der Waals surface area contributed by atoms with Crippen molar-refractivity contribution in [3.63, 3.8) is 0 Å². The maximum atomic E-state index is 12.0. The molecule has 0 N–H and O–H groups in total. The highest BCUT2D eigenvalue weighted by Gasteiger charge is 2.34. The smallest absolute Gasteiger partial charge is 0.232 e. The molecule has 19 heavy (non-hydrogen) atoms. The van der Waals surface area contributed by atoms with Gasteiger partial charge in [-0.15, -0.1) is 0 Å². The van der Waals surface area contributed by atoms with Crippen LogP contribution in [0.15, 0.2) is 16.9 Å². The number of amides is 1. The lowest BCUT2D eigenvalue weighted by atomic mass is 10.1. The number of nitrogens with zero attached hydrogens (tertiary/aromatic N) is 2. The zero-order valence-electron chi connectivity index (χ0n) is 10.1. The first-order valence-electron chi connectivity index (χ1n) is 5.61. The first kappa shape index (κ1) is 14.7. The van der Waals surface area contributed by atoms with E-state index < -0.39 is 9.05 Å². The van der Waals surface area contributed by atoms with Crippen LogP contribution in [0.5, 0.6) is 0 Å². The Kier molecular flexibility index (Phi) is 4.17. The molecule has 1 aromatic heterocycles. The van der Waals surface area contributed by atoms with Crippen molar-refractivity contribution in [3.8, 4) is 0 Å². The molecule has 0 bridgehead atoms. The van der Waals surface area contributed by atoms with E-state index in [9.17, 15) is 13.2 Å². The Bertz CT molecular complexity index is 600. The second-order valence-corrected chi connectivity index (χ2v) is 8.12. The maximum absolute atomic E-state index is 12.0. The summed E-state index contributed by atoms with van der Waals surface area (Å²) in [5.74, 6) is -0.572. The van der Waals surface area contributed by atoms with E-state index in [1.807, 2.05) is 6.92 Å². The van der Waals surface area contributed by atoms with Gasteiger partial charge in [0.1, 0.15) is 4.60 Å². The molecule has 1 amide bonds. The van der Waals surface area contributed by atoms with Gasteiger partial charge in [0.2, 0.25) is 15.0 Å². The summed E-state index contributed by atoms with van der Waals surface area (Å²) in [6, 6.07) is 1.80. The zero-order chi connectivity index (χ0) is 14.2. The molecule has 1 atom stereocenters. The lowest BCUT2D eigenvalue weighted by molar-refractivity contribution is -0.117. The molecule has 0 spiro atoms. The Balaban J connectivity index is 2.26. The molecule has 1 aromatic rings. The van der Waals surface area contributed by atoms with Crippen LogP contribution in [-0.4, -0.2) is 31.6 Å². The van der Waals surface area contributed by atoms with Crippen LogP contribution in [0.4, 0.5) is 5.69 Å². The van der Waals surface area contributed by atoms with Crippen molar-refractivity contribution in [1.29, 1.82) is 0 Å². The van der Waals surface area contributed by atoms with Crippen molar-refractivity contribution < 1.29 is 13.2 Å². The molecule has 0 aliphatic carbocycles. The van der Waals surface area contributed by atoms with Gasteiger partial charge in [0.15, 0.2) is 0 Å². The molecule has 2 heterocycles. The van der Waals surface area contributed by atoms with Gasteiger partial charge in [-0.1, -0.05) is 0 Å². The van der Waals surface area contributed by atoms with Crippen LogP contribution < -0.4 is 4.90 Å². The highest BCUT2D eigenvalue weighted by molar-refractivity contribution is 9.10. The summed E-state index contributed by atoms with van der Waals surface area (Å²) >= 11 is 3.32. The van der Waals surface area contributed by atoms with Crippen molar-refractivity contribution in [2.75, 3.05) is 17.2 Å². The van der Waals surface area contributed by atoms with Gasteiger partial charge in [0.05, 0.1) is 11.4 Å². The number of aryl methyl sites for hydroxylation is 1. The third kappa shape index (κ3) is 3.46. The van der Waals surface area contributed by atoms with Crippen LogP contribution in [0.2, 0.25) is 0 Å². The van der Waals surface area contributed by atoms with Gasteiger partial charge < -0.3 is 4.90 Å². The van der Waals surface area contributed by atoms with Crippen molar-refractivity contribution >= 4 is 47.3 Å². The Hall–Kier alpha value is -0.660. The van der Waals surface area contributed by atoms with Crippen molar-refractivity contribution in [2.24, 2.45) is 5.92 Å². The third-order valence-corrected chi connectivity index (χ3v) is 4.82. The summed E-state index contributed by atoms with van der Waals surface area (Å²) in [6.07, 6.45) is 1.83. The van der Waals surface area contributed by atoms with E-state index in [4.69, 9.17) is 10.7 Å². The minimum absolute atomic E-state index is 0.109. The number of carbonyl (C=O) groups excluding carboxylic acids is 1. The van der Waals surface area contributed by atoms with Gasteiger partial charge in [-0.2, -0.15) is 0 Å². The molecular formula is C11H12BrClN2O3S. The number of aromatic nitrogens is 1. The standard InChI is InChI=1S/C11H12BrClN2O3S/c1-7-2-3-14-11(12)10(7)15-5-8(4-9(15)16)6-19(13,17)18/h2-3,8H,4-6H2,1H3. The minimum atomic E-state index is -3.59. The minimum Gasteiger partial charge on any atom is -0.309 e. The molecule has 2 rings (SSSR count). The number of carbonyl (C=O) groups is 1. The van der Waals surface area contributed by atoms with Crippen molar-refractivity contribution in [2.45, 2.75) is 13.3 Å². The summed E-state index contributed by atoms with van der Waals surface area (Å²) < 4.78 is 22.7. The average molecular weight is 368 g/mol. The first-order chi connectivity index (χ1) is 8.78. The summed E-state index contributed by atoms with van der Waals surface area (Å²) in [5.41, 5.74) is 1.60. The predicted molar refractivity (Wildman–Crippen MR) is 76.8 cm³/mol. The highest BCUT2D eigenvalue weighted by Crippen LogP contribution is 2.33. The van der Waals surface area contributed by atoms with E-state index in [1.54, 1.807) is 17.2 Å². The fraction of sp³-hybridized carbons (Fsp3) is 0.455. The Morgan fingerprint density at radius 2 is 2.26 bits per heavy atom. The molecule has 0 aromatic carbocycles. The Labute approximate surface area is 124 Å². The van der Waals surface area contributed by atoms with Crippen LogP contribution in [0.1, 0.15) is 12.0 Å². The molecule has 1 fully saturated rings. The summed E-state index contributed by atoms with van der Waals surface area (Å²) in [6.45, 7) is 2.22. The Morgan fingerprint density at radius 1 is 1.58 bits per heavy atom.